The second-order valence-corrected chi connectivity index (χ2v) is 3.64. The van der Waals surface area contributed by atoms with Crippen LogP contribution in [0, 0.1) is 24.7 Å². The number of aliphatic hydroxyl groups excluding tert-OH is 1. The van der Waals surface area contributed by atoms with Crippen molar-refractivity contribution in [1.29, 1.82) is 0 Å². The molecule has 0 aromatic rings. The van der Waals surface area contributed by atoms with Gasteiger partial charge in [-0.3, -0.25) is 0 Å². The maximum absolute atomic E-state index is 9.56. The van der Waals surface area contributed by atoms with Crippen LogP contribution in [0.4, 0.5) is 0 Å². The molecule has 0 aliphatic carbocycles. The highest BCUT2D eigenvalue weighted by atomic mass is 16.5. The van der Waals surface area contributed by atoms with Gasteiger partial charge in [0, 0.05) is 6.61 Å². The number of terminal acetylenes is 2. The molecule has 0 bridgehead atoms. The molecule has 0 saturated carbocycles. The fraction of sp³-hybridized carbons (Fsp3) is 0.714. The first-order chi connectivity index (χ1) is 9.31. The summed E-state index contributed by atoms with van der Waals surface area (Å²) in [5.41, 5.74) is 0. The summed E-state index contributed by atoms with van der Waals surface area (Å²) in [6, 6.07) is 0. The third kappa shape index (κ3) is 14.9. The van der Waals surface area contributed by atoms with Gasteiger partial charge in [-0.15, -0.1) is 12.8 Å². The first kappa shape index (κ1) is 17.9. The van der Waals surface area contributed by atoms with Crippen molar-refractivity contribution in [2.24, 2.45) is 0 Å². The van der Waals surface area contributed by atoms with Crippen LogP contribution in [0.15, 0.2) is 0 Å². The smallest absolute Gasteiger partial charge is 0.107 e. The lowest BCUT2D eigenvalue weighted by Crippen LogP contribution is -2.19. The Morgan fingerprint density at radius 1 is 0.789 bits per heavy atom. The zero-order valence-corrected chi connectivity index (χ0v) is 11.2. The molecule has 1 unspecified atom stereocenters. The van der Waals surface area contributed by atoms with Crippen LogP contribution in [0.1, 0.15) is 6.42 Å². The molecule has 0 aromatic carbocycles. The molecule has 0 rings (SSSR count). The highest BCUT2D eigenvalue weighted by Gasteiger charge is 2.04. The molecule has 0 heterocycles. The minimum absolute atomic E-state index is 0.260. The molecule has 19 heavy (non-hydrogen) atoms. The number of rotatable bonds is 13. The molecule has 0 radical (unpaired) electrons. The van der Waals surface area contributed by atoms with Gasteiger partial charge in [-0.25, -0.2) is 0 Å². The summed E-state index contributed by atoms with van der Waals surface area (Å²) in [5, 5.41) is 9.56. The van der Waals surface area contributed by atoms with Gasteiger partial charge in [0.25, 0.3) is 0 Å². The molecule has 0 fully saturated rings. The third-order valence-corrected chi connectivity index (χ3v) is 2.02. The minimum atomic E-state index is -0.542. The molecule has 0 spiro atoms. The Bertz CT molecular complexity index is 266. The molecule has 1 N–H and O–H groups in total. The molecule has 108 valence electrons. The minimum Gasteiger partial charge on any atom is -0.391 e. The quantitative estimate of drug-likeness (QED) is 0.379. The monoisotopic (exact) mass is 270 g/mol. The highest BCUT2D eigenvalue weighted by Crippen LogP contribution is 1.94. The summed E-state index contributed by atoms with van der Waals surface area (Å²) < 4.78 is 20.5. The highest BCUT2D eigenvalue weighted by molar-refractivity contribution is 4.83. The topological polar surface area (TPSA) is 57.2 Å². The first-order valence-corrected chi connectivity index (χ1v) is 6.17. The van der Waals surface area contributed by atoms with E-state index < -0.39 is 6.10 Å². The fourth-order valence-corrected chi connectivity index (χ4v) is 1.12. The van der Waals surface area contributed by atoms with E-state index in [9.17, 15) is 5.11 Å². The van der Waals surface area contributed by atoms with Crippen molar-refractivity contribution >= 4 is 0 Å². The van der Waals surface area contributed by atoms with E-state index in [2.05, 4.69) is 11.8 Å². The first-order valence-electron chi connectivity index (χ1n) is 6.17. The van der Waals surface area contributed by atoms with Gasteiger partial charge in [0.05, 0.1) is 39.1 Å². The van der Waals surface area contributed by atoms with Gasteiger partial charge in [0.1, 0.15) is 13.2 Å². The van der Waals surface area contributed by atoms with E-state index in [1.54, 1.807) is 0 Å². The molecular weight excluding hydrogens is 248 g/mol. The molecule has 0 saturated heterocycles. The Morgan fingerprint density at radius 2 is 1.32 bits per heavy atom. The van der Waals surface area contributed by atoms with Gasteiger partial charge in [-0.05, 0) is 6.42 Å². The Morgan fingerprint density at radius 3 is 1.89 bits per heavy atom. The Kier molecular flexibility index (Phi) is 14.1. The Balaban J connectivity index is 3.15. The van der Waals surface area contributed by atoms with Crippen LogP contribution in [0.2, 0.25) is 0 Å². The van der Waals surface area contributed by atoms with Crippen molar-refractivity contribution in [2.75, 3.05) is 52.9 Å². The molecule has 5 nitrogen and oxygen atoms in total. The van der Waals surface area contributed by atoms with Gasteiger partial charge in [0.2, 0.25) is 0 Å². The molecule has 0 aliphatic heterocycles. The van der Waals surface area contributed by atoms with Crippen LogP contribution in [-0.4, -0.2) is 64.1 Å². The standard InChI is InChI=1S/C14H22O5/c1-3-6-16-9-10-18-8-5-14(15)13-19-12-11-17-7-4-2/h1-2,14-15H,5-13H2. The van der Waals surface area contributed by atoms with E-state index in [0.717, 1.165) is 0 Å². The lowest BCUT2D eigenvalue weighted by atomic mass is 10.3. The summed E-state index contributed by atoms with van der Waals surface area (Å²) in [4.78, 5) is 0. The van der Waals surface area contributed by atoms with Gasteiger partial charge >= 0.3 is 0 Å². The zero-order chi connectivity index (χ0) is 14.2. The number of hydrogen-bond acceptors (Lipinski definition) is 5. The van der Waals surface area contributed by atoms with Crippen LogP contribution in [-0.2, 0) is 18.9 Å². The Hall–Kier alpha value is -1.08. The zero-order valence-electron chi connectivity index (χ0n) is 11.2. The van der Waals surface area contributed by atoms with Crippen molar-refractivity contribution in [2.45, 2.75) is 12.5 Å². The number of hydrogen-bond donors (Lipinski definition) is 1. The van der Waals surface area contributed by atoms with Gasteiger partial charge < -0.3 is 24.1 Å². The lowest BCUT2D eigenvalue weighted by molar-refractivity contribution is -0.00970. The Labute approximate surface area is 115 Å². The number of aliphatic hydroxyl groups is 1. The van der Waals surface area contributed by atoms with Crippen molar-refractivity contribution in [3.05, 3.63) is 0 Å². The average molecular weight is 270 g/mol. The summed E-state index contributed by atoms with van der Waals surface area (Å²) in [7, 11) is 0. The summed E-state index contributed by atoms with van der Waals surface area (Å²) in [6.45, 7) is 3.06. The van der Waals surface area contributed by atoms with Crippen LogP contribution < -0.4 is 0 Å². The van der Waals surface area contributed by atoms with Crippen molar-refractivity contribution in [3.63, 3.8) is 0 Å². The maximum atomic E-state index is 9.56. The van der Waals surface area contributed by atoms with Crippen molar-refractivity contribution in [3.8, 4) is 24.7 Å². The van der Waals surface area contributed by atoms with Gasteiger partial charge in [-0.1, -0.05) is 11.8 Å². The fourth-order valence-electron chi connectivity index (χ4n) is 1.12. The predicted molar refractivity (Wildman–Crippen MR) is 71.6 cm³/mol. The van der Waals surface area contributed by atoms with Crippen LogP contribution in [0.5, 0.6) is 0 Å². The third-order valence-electron chi connectivity index (χ3n) is 2.02. The van der Waals surface area contributed by atoms with E-state index in [1.807, 2.05) is 0 Å². The predicted octanol–water partition coefficient (Wildman–Crippen LogP) is 0.0702. The maximum Gasteiger partial charge on any atom is 0.107 e. The van der Waals surface area contributed by atoms with Crippen LogP contribution >= 0.6 is 0 Å². The molecule has 5 heteroatoms. The van der Waals surface area contributed by atoms with E-state index in [1.165, 1.54) is 0 Å². The second kappa shape index (κ2) is 15.0. The van der Waals surface area contributed by atoms with Gasteiger partial charge in [0.15, 0.2) is 0 Å². The molecule has 0 aromatic heterocycles. The molecule has 0 aliphatic rings. The van der Waals surface area contributed by atoms with E-state index in [-0.39, 0.29) is 13.2 Å². The van der Waals surface area contributed by atoms with Gasteiger partial charge in [-0.2, -0.15) is 0 Å². The van der Waals surface area contributed by atoms with Crippen molar-refractivity contribution < 1.29 is 24.1 Å². The number of ether oxygens (including phenoxy) is 4. The SMILES string of the molecule is C#CCOCCOCCC(O)COCCOCC#C. The summed E-state index contributed by atoms with van der Waals surface area (Å²) >= 11 is 0. The van der Waals surface area contributed by atoms with Crippen molar-refractivity contribution in [1.82, 2.24) is 0 Å². The van der Waals surface area contributed by atoms with Crippen LogP contribution in [0.3, 0.4) is 0 Å². The second-order valence-electron chi connectivity index (χ2n) is 3.64. The molecular formula is C14H22O5. The van der Waals surface area contributed by atoms with E-state index in [0.29, 0.717) is 46.1 Å². The summed E-state index contributed by atoms with van der Waals surface area (Å²) in [5.74, 6) is 4.72. The largest absolute Gasteiger partial charge is 0.391 e. The summed E-state index contributed by atoms with van der Waals surface area (Å²) in [6.07, 6.45) is 9.99. The van der Waals surface area contributed by atoms with Crippen LogP contribution in [0.25, 0.3) is 0 Å². The molecule has 1 atom stereocenters. The lowest BCUT2D eigenvalue weighted by Gasteiger charge is -2.11. The van der Waals surface area contributed by atoms with E-state index >= 15 is 0 Å². The van der Waals surface area contributed by atoms with E-state index in [4.69, 9.17) is 31.8 Å². The average Bonchev–Trinajstić information content (AvgIpc) is 2.41. The molecule has 0 amide bonds. The normalized spacial score (nSPS) is 11.7.